The van der Waals surface area contributed by atoms with Crippen LogP contribution in [0.25, 0.3) is 0 Å². The van der Waals surface area contributed by atoms with Gasteiger partial charge in [0, 0.05) is 22.7 Å². The van der Waals surface area contributed by atoms with Crippen molar-refractivity contribution in [3.05, 3.63) is 45.9 Å². The zero-order valence-electron chi connectivity index (χ0n) is 15.7. The van der Waals surface area contributed by atoms with E-state index in [1.807, 2.05) is 12.3 Å². The number of anilines is 1. The maximum atomic E-state index is 12.1. The maximum absolute atomic E-state index is 12.1. The zero-order chi connectivity index (χ0) is 20.8. The number of thiazole rings is 1. The minimum Gasteiger partial charge on any atom is -0.452 e. The van der Waals surface area contributed by atoms with Crippen LogP contribution >= 0.6 is 11.3 Å². The van der Waals surface area contributed by atoms with Crippen LogP contribution in [0.5, 0.6) is 0 Å². The Hall–Kier alpha value is -3.27. The Kier molecular flexibility index (Phi) is 6.55. The van der Waals surface area contributed by atoms with E-state index in [1.165, 1.54) is 23.5 Å². The lowest BCUT2D eigenvalue weighted by Gasteiger charge is -2.09. The number of amides is 3. The van der Waals surface area contributed by atoms with E-state index < -0.39 is 24.4 Å². The van der Waals surface area contributed by atoms with Crippen molar-refractivity contribution >= 4 is 40.7 Å². The van der Waals surface area contributed by atoms with Gasteiger partial charge in [-0.2, -0.15) is 0 Å². The van der Waals surface area contributed by atoms with Gasteiger partial charge in [-0.15, -0.1) is 11.3 Å². The maximum Gasteiger partial charge on any atom is 0.338 e. The van der Waals surface area contributed by atoms with Gasteiger partial charge in [-0.1, -0.05) is 6.07 Å². The third kappa shape index (κ3) is 6.39. The highest BCUT2D eigenvalue weighted by molar-refractivity contribution is 7.09. The number of benzene rings is 1. The van der Waals surface area contributed by atoms with Gasteiger partial charge in [0.2, 0.25) is 11.8 Å². The van der Waals surface area contributed by atoms with E-state index in [9.17, 15) is 19.2 Å². The molecule has 2 aromatic rings. The fraction of sp³-hybridized carbons (Fsp3) is 0.316. The minimum atomic E-state index is -0.716. The Morgan fingerprint density at radius 3 is 2.62 bits per heavy atom. The number of ether oxygens (including phenoxy) is 1. The number of rotatable bonds is 7. The first-order chi connectivity index (χ1) is 13.9. The average Bonchev–Trinajstić information content (AvgIpc) is 3.47. The monoisotopic (exact) mass is 416 g/mol. The van der Waals surface area contributed by atoms with Crippen molar-refractivity contribution in [1.82, 2.24) is 15.8 Å². The summed E-state index contributed by atoms with van der Waals surface area (Å²) in [4.78, 5) is 51.6. The van der Waals surface area contributed by atoms with Crippen molar-refractivity contribution in [3.8, 4) is 0 Å². The molecule has 0 radical (unpaired) electrons. The molecule has 0 unspecified atom stereocenters. The summed E-state index contributed by atoms with van der Waals surface area (Å²) in [6.45, 7) is 1.26. The predicted molar refractivity (Wildman–Crippen MR) is 105 cm³/mol. The predicted octanol–water partition coefficient (Wildman–Crippen LogP) is 1.35. The van der Waals surface area contributed by atoms with Crippen molar-refractivity contribution < 1.29 is 23.9 Å². The standard InChI is InChI=1S/C19H20N4O5S/c1-11-10-29-17(20-11)8-15(24)22-23-16(25)9-28-19(27)13-3-2-4-14(7-13)21-18(26)12-5-6-12/h2-4,7,10,12H,5-6,8-9H2,1H3,(H,21,26)(H,22,24)(H,23,25). The number of hydrogen-bond acceptors (Lipinski definition) is 7. The number of aromatic nitrogens is 1. The summed E-state index contributed by atoms with van der Waals surface area (Å²) in [5.74, 6) is -1.85. The van der Waals surface area contributed by atoms with E-state index in [1.54, 1.807) is 12.1 Å². The summed E-state index contributed by atoms with van der Waals surface area (Å²) in [5, 5.41) is 5.20. The SMILES string of the molecule is Cc1csc(CC(=O)NNC(=O)COC(=O)c2cccc(NC(=O)C3CC3)c2)n1. The molecule has 1 fully saturated rings. The van der Waals surface area contributed by atoms with Crippen molar-refractivity contribution in [2.45, 2.75) is 26.2 Å². The summed E-state index contributed by atoms with van der Waals surface area (Å²) in [6.07, 6.45) is 1.79. The molecule has 1 aromatic carbocycles. The lowest BCUT2D eigenvalue weighted by Crippen LogP contribution is -2.44. The molecule has 1 aromatic heterocycles. The van der Waals surface area contributed by atoms with Crippen LogP contribution in [0.4, 0.5) is 5.69 Å². The third-order valence-corrected chi connectivity index (χ3v) is 4.93. The van der Waals surface area contributed by atoms with Crippen LogP contribution in [0, 0.1) is 12.8 Å². The summed E-state index contributed by atoms with van der Waals surface area (Å²) >= 11 is 1.35. The molecule has 1 aliphatic rings. The van der Waals surface area contributed by atoms with Crippen LogP contribution in [0.2, 0.25) is 0 Å². The van der Waals surface area contributed by atoms with Gasteiger partial charge < -0.3 is 10.1 Å². The Labute approximate surface area is 170 Å². The van der Waals surface area contributed by atoms with Crippen LogP contribution in [-0.2, 0) is 25.5 Å². The third-order valence-electron chi connectivity index (χ3n) is 3.97. The van der Waals surface area contributed by atoms with Gasteiger partial charge in [-0.25, -0.2) is 9.78 Å². The van der Waals surface area contributed by atoms with E-state index in [2.05, 4.69) is 21.2 Å². The molecule has 1 heterocycles. The number of hydrazine groups is 1. The summed E-state index contributed by atoms with van der Waals surface area (Å²) in [5.41, 5.74) is 5.94. The number of aryl methyl sites for hydroxylation is 1. The minimum absolute atomic E-state index is 0.0396. The lowest BCUT2D eigenvalue weighted by molar-refractivity contribution is -0.130. The highest BCUT2D eigenvalue weighted by Gasteiger charge is 2.29. The quantitative estimate of drug-likeness (QED) is 0.462. The van der Waals surface area contributed by atoms with Gasteiger partial charge in [-0.05, 0) is 38.0 Å². The highest BCUT2D eigenvalue weighted by atomic mass is 32.1. The van der Waals surface area contributed by atoms with Crippen LogP contribution in [-0.4, -0.2) is 35.3 Å². The second kappa shape index (κ2) is 9.28. The lowest BCUT2D eigenvalue weighted by atomic mass is 10.2. The van der Waals surface area contributed by atoms with Crippen molar-refractivity contribution in [2.24, 2.45) is 5.92 Å². The Balaban J connectivity index is 1.40. The first-order valence-corrected chi connectivity index (χ1v) is 9.85. The molecule has 1 saturated carbocycles. The molecule has 0 bridgehead atoms. The first-order valence-electron chi connectivity index (χ1n) is 8.97. The van der Waals surface area contributed by atoms with Crippen LogP contribution in [0.3, 0.4) is 0 Å². The molecule has 0 atom stereocenters. The molecule has 152 valence electrons. The molecule has 29 heavy (non-hydrogen) atoms. The van der Waals surface area contributed by atoms with Crippen molar-refractivity contribution in [2.75, 3.05) is 11.9 Å². The number of carbonyl (C=O) groups excluding carboxylic acids is 4. The fourth-order valence-electron chi connectivity index (χ4n) is 2.37. The van der Waals surface area contributed by atoms with Crippen LogP contribution in [0.15, 0.2) is 29.6 Å². The molecule has 10 heteroatoms. The fourth-order valence-corrected chi connectivity index (χ4v) is 3.14. The van der Waals surface area contributed by atoms with E-state index in [0.29, 0.717) is 10.7 Å². The Morgan fingerprint density at radius 2 is 1.93 bits per heavy atom. The highest BCUT2D eigenvalue weighted by Crippen LogP contribution is 2.30. The number of esters is 1. The molecule has 9 nitrogen and oxygen atoms in total. The zero-order valence-corrected chi connectivity index (χ0v) is 16.5. The van der Waals surface area contributed by atoms with E-state index >= 15 is 0 Å². The van der Waals surface area contributed by atoms with Gasteiger partial charge in [-0.3, -0.25) is 25.2 Å². The average molecular weight is 416 g/mol. The number of nitrogens with one attached hydrogen (secondary N) is 3. The largest absolute Gasteiger partial charge is 0.452 e. The summed E-state index contributed by atoms with van der Waals surface area (Å²) in [7, 11) is 0. The molecule has 0 saturated heterocycles. The smallest absolute Gasteiger partial charge is 0.338 e. The van der Waals surface area contributed by atoms with Gasteiger partial charge >= 0.3 is 5.97 Å². The number of nitrogens with zero attached hydrogens (tertiary/aromatic N) is 1. The number of hydrogen-bond donors (Lipinski definition) is 3. The molecule has 3 N–H and O–H groups in total. The van der Waals surface area contributed by atoms with E-state index in [4.69, 9.17) is 4.74 Å². The molecule has 1 aliphatic carbocycles. The molecule has 0 spiro atoms. The first kappa shape index (κ1) is 20.5. The molecule has 3 amide bonds. The Morgan fingerprint density at radius 1 is 1.17 bits per heavy atom. The van der Waals surface area contributed by atoms with Crippen molar-refractivity contribution in [1.29, 1.82) is 0 Å². The van der Waals surface area contributed by atoms with E-state index in [0.717, 1.165) is 18.5 Å². The normalized spacial score (nSPS) is 12.7. The second-order valence-corrected chi connectivity index (χ2v) is 7.52. The van der Waals surface area contributed by atoms with Crippen LogP contribution in [0.1, 0.15) is 33.9 Å². The molecule has 0 aliphatic heterocycles. The summed E-state index contributed by atoms with van der Waals surface area (Å²) < 4.78 is 4.94. The molecule has 3 rings (SSSR count). The second-order valence-electron chi connectivity index (χ2n) is 6.58. The summed E-state index contributed by atoms with van der Waals surface area (Å²) in [6, 6.07) is 6.28. The van der Waals surface area contributed by atoms with E-state index in [-0.39, 0.29) is 23.8 Å². The number of carbonyl (C=O) groups is 4. The Bertz CT molecular complexity index is 938. The van der Waals surface area contributed by atoms with Gasteiger partial charge in [0.05, 0.1) is 12.0 Å². The van der Waals surface area contributed by atoms with Crippen molar-refractivity contribution in [3.63, 3.8) is 0 Å². The van der Waals surface area contributed by atoms with Gasteiger partial charge in [0.1, 0.15) is 5.01 Å². The van der Waals surface area contributed by atoms with Crippen LogP contribution < -0.4 is 16.2 Å². The van der Waals surface area contributed by atoms with Gasteiger partial charge in [0.25, 0.3) is 5.91 Å². The topological polar surface area (TPSA) is 126 Å². The molecular weight excluding hydrogens is 396 g/mol. The van der Waals surface area contributed by atoms with Gasteiger partial charge in [0.15, 0.2) is 6.61 Å². The molecular formula is C19H20N4O5S.